The lowest BCUT2D eigenvalue weighted by Gasteiger charge is -2.20. The minimum absolute atomic E-state index is 0.0235. The molecule has 0 aliphatic carbocycles. The zero-order valence-electron chi connectivity index (χ0n) is 17.3. The summed E-state index contributed by atoms with van der Waals surface area (Å²) in [6.07, 6.45) is -3.33. The number of hydrogen-bond donors (Lipinski definition) is 2. The molecule has 0 saturated heterocycles. The van der Waals surface area contributed by atoms with Crippen molar-refractivity contribution in [3.8, 4) is 0 Å². The Hall–Kier alpha value is -2.94. The molecular weight excluding hydrogens is 412 g/mol. The molecule has 0 bridgehead atoms. The number of benzene rings is 2. The first-order valence-corrected chi connectivity index (χ1v) is 10.0. The molecule has 2 aromatic carbocycles. The van der Waals surface area contributed by atoms with Gasteiger partial charge in [0.1, 0.15) is 11.7 Å². The van der Waals surface area contributed by atoms with Crippen LogP contribution in [-0.2, 0) is 11.0 Å². The van der Waals surface area contributed by atoms with E-state index >= 15 is 0 Å². The smallest absolute Gasteiger partial charge is 0.383 e. The van der Waals surface area contributed by atoms with E-state index in [-0.39, 0.29) is 11.4 Å². The first-order chi connectivity index (χ1) is 14.7. The maximum atomic E-state index is 13.6. The fourth-order valence-corrected chi connectivity index (χ4v) is 3.45. The Morgan fingerprint density at radius 2 is 1.90 bits per heavy atom. The number of fused-ring (bicyclic) bond motifs is 1. The van der Waals surface area contributed by atoms with Crippen molar-refractivity contribution in [1.29, 1.82) is 0 Å². The lowest BCUT2D eigenvalue weighted by molar-refractivity contribution is -0.137. The highest BCUT2D eigenvalue weighted by Gasteiger charge is 2.34. The van der Waals surface area contributed by atoms with E-state index in [4.69, 9.17) is 0 Å². The van der Waals surface area contributed by atoms with Gasteiger partial charge < -0.3 is 15.5 Å². The number of amides is 1. The first-order valence-electron chi connectivity index (χ1n) is 10.0. The van der Waals surface area contributed by atoms with Crippen molar-refractivity contribution in [2.75, 3.05) is 36.8 Å². The van der Waals surface area contributed by atoms with Crippen LogP contribution in [0.3, 0.4) is 0 Å². The quantitative estimate of drug-likeness (QED) is 0.451. The van der Waals surface area contributed by atoms with Gasteiger partial charge in [-0.2, -0.15) is 13.2 Å². The minimum atomic E-state index is -4.57. The van der Waals surface area contributed by atoms with Crippen LogP contribution in [0.1, 0.15) is 30.9 Å². The number of halogens is 4. The normalized spacial score (nSPS) is 16.1. The molecule has 9 heteroatoms. The van der Waals surface area contributed by atoms with E-state index in [1.165, 1.54) is 36.5 Å². The maximum absolute atomic E-state index is 13.6. The average molecular weight is 436 g/mol. The van der Waals surface area contributed by atoms with Crippen molar-refractivity contribution in [3.05, 3.63) is 53.3 Å². The van der Waals surface area contributed by atoms with Crippen molar-refractivity contribution >= 4 is 29.2 Å². The Balaban J connectivity index is 1.80. The molecule has 31 heavy (non-hydrogen) atoms. The second kappa shape index (κ2) is 9.47. The number of anilines is 2. The van der Waals surface area contributed by atoms with Crippen LogP contribution in [0.2, 0.25) is 0 Å². The predicted octanol–water partition coefficient (Wildman–Crippen LogP) is 5.04. The molecule has 0 spiro atoms. The third-order valence-electron chi connectivity index (χ3n) is 5.21. The van der Waals surface area contributed by atoms with Crippen molar-refractivity contribution < 1.29 is 22.4 Å². The number of carbonyl (C=O) groups is 1. The molecule has 1 heterocycles. The van der Waals surface area contributed by atoms with Crippen LogP contribution >= 0.6 is 0 Å². The summed E-state index contributed by atoms with van der Waals surface area (Å²) >= 11 is 0. The SMILES string of the molecule is CCN(CC)CCNc1ccc(N=CC2C(=O)Nc3ccc(F)cc32)cc1C(F)(F)F. The zero-order chi connectivity index (χ0) is 22.6. The molecule has 166 valence electrons. The van der Waals surface area contributed by atoms with Crippen LogP contribution in [-0.4, -0.2) is 43.2 Å². The molecule has 0 aromatic heterocycles. The Morgan fingerprint density at radius 3 is 2.58 bits per heavy atom. The van der Waals surface area contributed by atoms with E-state index < -0.39 is 29.4 Å². The van der Waals surface area contributed by atoms with E-state index in [1.54, 1.807) is 0 Å². The second-order valence-electron chi connectivity index (χ2n) is 7.16. The lowest BCUT2D eigenvalue weighted by atomic mass is 10.0. The number of alkyl halides is 3. The molecule has 0 radical (unpaired) electrons. The number of hydrogen-bond acceptors (Lipinski definition) is 4. The number of nitrogens with one attached hydrogen (secondary N) is 2. The van der Waals surface area contributed by atoms with Gasteiger partial charge in [0.25, 0.3) is 0 Å². The standard InChI is InChI=1S/C22H24F4N4O/c1-3-30(4-2)10-9-27-20-8-6-15(12-18(20)22(24,25)26)28-13-17-16-11-14(23)5-7-19(16)29-21(17)31/h5-8,11-13,17,27H,3-4,9-10H2,1-2H3,(H,29,31). The summed E-state index contributed by atoms with van der Waals surface area (Å²) in [5, 5.41) is 5.46. The van der Waals surface area contributed by atoms with Crippen molar-refractivity contribution in [1.82, 2.24) is 4.90 Å². The maximum Gasteiger partial charge on any atom is 0.418 e. The van der Waals surface area contributed by atoms with Gasteiger partial charge in [-0.3, -0.25) is 9.79 Å². The fourth-order valence-electron chi connectivity index (χ4n) is 3.45. The monoisotopic (exact) mass is 436 g/mol. The molecule has 1 atom stereocenters. The van der Waals surface area contributed by atoms with E-state index in [9.17, 15) is 22.4 Å². The van der Waals surface area contributed by atoms with Crippen molar-refractivity contribution in [3.63, 3.8) is 0 Å². The molecule has 3 rings (SSSR count). The molecule has 0 saturated carbocycles. The number of likely N-dealkylation sites (N-methyl/N-ethyl adjacent to an activating group) is 1. The Kier molecular flexibility index (Phi) is 6.94. The van der Waals surface area contributed by atoms with Crippen LogP contribution in [0.4, 0.5) is 34.6 Å². The minimum Gasteiger partial charge on any atom is -0.383 e. The number of carbonyl (C=O) groups excluding carboxylic acids is 1. The van der Waals surface area contributed by atoms with E-state index in [2.05, 4.69) is 20.5 Å². The molecule has 2 aromatic rings. The zero-order valence-corrected chi connectivity index (χ0v) is 17.3. The van der Waals surface area contributed by atoms with Crippen LogP contribution in [0.25, 0.3) is 0 Å². The third-order valence-corrected chi connectivity index (χ3v) is 5.21. The largest absolute Gasteiger partial charge is 0.418 e. The Bertz CT molecular complexity index is 970. The van der Waals surface area contributed by atoms with Gasteiger partial charge in [0.15, 0.2) is 0 Å². The van der Waals surface area contributed by atoms with E-state index in [0.29, 0.717) is 24.3 Å². The van der Waals surface area contributed by atoms with Gasteiger partial charge in [0.05, 0.1) is 11.3 Å². The first kappa shape index (κ1) is 22.7. The van der Waals surface area contributed by atoms with Gasteiger partial charge in [0, 0.05) is 30.7 Å². The molecule has 2 N–H and O–H groups in total. The second-order valence-corrected chi connectivity index (χ2v) is 7.16. The highest BCUT2D eigenvalue weighted by Crippen LogP contribution is 2.38. The van der Waals surface area contributed by atoms with E-state index in [1.807, 2.05) is 13.8 Å². The highest BCUT2D eigenvalue weighted by molar-refractivity contribution is 6.12. The average Bonchev–Trinajstić information content (AvgIpc) is 3.03. The molecule has 5 nitrogen and oxygen atoms in total. The summed E-state index contributed by atoms with van der Waals surface area (Å²) in [5.74, 6) is -1.78. The number of aliphatic imine (C=N–C) groups is 1. The fraction of sp³-hybridized carbons (Fsp3) is 0.364. The molecule has 0 fully saturated rings. The topological polar surface area (TPSA) is 56.7 Å². The van der Waals surface area contributed by atoms with E-state index in [0.717, 1.165) is 19.2 Å². The van der Waals surface area contributed by atoms with Gasteiger partial charge in [-0.25, -0.2) is 4.39 Å². The summed E-state index contributed by atoms with van der Waals surface area (Å²) in [7, 11) is 0. The van der Waals surface area contributed by atoms with Gasteiger partial charge in [-0.05, 0) is 55.1 Å². The number of nitrogens with zero attached hydrogens (tertiary/aromatic N) is 2. The molecule has 1 aliphatic rings. The summed E-state index contributed by atoms with van der Waals surface area (Å²) in [6, 6.07) is 7.60. The molecule has 1 unspecified atom stereocenters. The van der Waals surface area contributed by atoms with Gasteiger partial charge in [-0.15, -0.1) is 0 Å². The van der Waals surface area contributed by atoms with Crippen LogP contribution in [0.15, 0.2) is 41.4 Å². The van der Waals surface area contributed by atoms with Gasteiger partial charge in [-0.1, -0.05) is 13.8 Å². The lowest BCUT2D eigenvalue weighted by Crippen LogP contribution is -2.29. The summed E-state index contributed by atoms with van der Waals surface area (Å²) < 4.78 is 54.3. The third kappa shape index (κ3) is 5.41. The van der Waals surface area contributed by atoms with Crippen molar-refractivity contribution in [2.45, 2.75) is 25.9 Å². The Morgan fingerprint density at radius 1 is 1.16 bits per heavy atom. The molecule has 1 aliphatic heterocycles. The predicted molar refractivity (Wildman–Crippen MR) is 114 cm³/mol. The summed E-state index contributed by atoms with van der Waals surface area (Å²) in [4.78, 5) is 18.3. The van der Waals surface area contributed by atoms with Crippen LogP contribution in [0, 0.1) is 5.82 Å². The summed E-state index contributed by atoms with van der Waals surface area (Å²) in [6.45, 7) is 6.62. The van der Waals surface area contributed by atoms with Crippen LogP contribution < -0.4 is 10.6 Å². The number of rotatable bonds is 8. The van der Waals surface area contributed by atoms with Crippen molar-refractivity contribution in [2.24, 2.45) is 4.99 Å². The summed E-state index contributed by atoms with van der Waals surface area (Å²) in [5.41, 5.74) is 0.0685. The van der Waals surface area contributed by atoms with Gasteiger partial charge in [0.2, 0.25) is 5.91 Å². The van der Waals surface area contributed by atoms with Crippen LogP contribution in [0.5, 0.6) is 0 Å². The molecule has 1 amide bonds. The Labute approximate surface area is 178 Å². The van der Waals surface area contributed by atoms with Gasteiger partial charge >= 0.3 is 6.18 Å². The molecular formula is C22H24F4N4O. The highest BCUT2D eigenvalue weighted by atomic mass is 19.4.